The summed E-state index contributed by atoms with van der Waals surface area (Å²) < 4.78 is 0. The quantitative estimate of drug-likeness (QED) is 0.809. The van der Waals surface area contributed by atoms with Gasteiger partial charge >= 0.3 is 0 Å². The van der Waals surface area contributed by atoms with Crippen molar-refractivity contribution in [3.63, 3.8) is 0 Å². The molecule has 0 saturated carbocycles. The monoisotopic (exact) mass is 225 g/mol. The van der Waals surface area contributed by atoms with Gasteiger partial charge in [0.25, 0.3) is 0 Å². The van der Waals surface area contributed by atoms with Gasteiger partial charge in [0.05, 0.1) is 5.60 Å². The van der Waals surface area contributed by atoms with E-state index < -0.39 is 5.60 Å². The van der Waals surface area contributed by atoms with Gasteiger partial charge in [0.2, 0.25) is 0 Å². The molecule has 0 bridgehead atoms. The van der Waals surface area contributed by atoms with Crippen LogP contribution in [0.25, 0.3) is 0 Å². The summed E-state index contributed by atoms with van der Waals surface area (Å²) in [5.74, 6) is 0.347. The lowest BCUT2D eigenvalue weighted by atomic mass is 9.76. The van der Waals surface area contributed by atoms with Gasteiger partial charge in [-0.15, -0.1) is 11.3 Å². The molecule has 1 aromatic heterocycles. The van der Waals surface area contributed by atoms with E-state index in [1.807, 2.05) is 0 Å². The predicted octanol–water partition coefficient (Wildman–Crippen LogP) is 2.26. The zero-order valence-corrected chi connectivity index (χ0v) is 10.2. The van der Waals surface area contributed by atoms with Gasteiger partial charge in [-0.3, -0.25) is 0 Å². The van der Waals surface area contributed by atoms with E-state index in [1.54, 1.807) is 11.3 Å². The Labute approximate surface area is 95.3 Å². The molecule has 2 atom stereocenters. The van der Waals surface area contributed by atoms with Crippen molar-refractivity contribution in [3.05, 3.63) is 21.9 Å². The number of piperidine rings is 1. The Morgan fingerprint density at radius 1 is 1.67 bits per heavy atom. The second kappa shape index (κ2) is 4.24. The maximum absolute atomic E-state index is 10.8. The van der Waals surface area contributed by atoms with Crippen molar-refractivity contribution in [2.75, 3.05) is 13.1 Å². The van der Waals surface area contributed by atoms with Crippen molar-refractivity contribution in [2.45, 2.75) is 32.3 Å². The zero-order chi connectivity index (χ0) is 10.9. The molecule has 15 heavy (non-hydrogen) atoms. The van der Waals surface area contributed by atoms with Crippen LogP contribution < -0.4 is 5.32 Å². The average molecular weight is 225 g/mol. The molecule has 1 aromatic rings. The van der Waals surface area contributed by atoms with Crippen LogP contribution in [0.1, 0.15) is 30.2 Å². The third-order valence-electron chi connectivity index (χ3n) is 3.47. The molecule has 0 aromatic carbocycles. The molecule has 1 saturated heterocycles. The van der Waals surface area contributed by atoms with Crippen LogP contribution in [-0.2, 0) is 5.60 Å². The van der Waals surface area contributed by atoms with E-state index in [4.69, 9.17) is 0 Å². The first-order valence-electron chi connectivity index (χ1n) is 5.65. The highest BCUT2D eigenvalue weighted by molar-refractivity contribution is 7.10. The van der Waals surface area contributed by atoms with E-state index >= 15 is 0 Å². The Morgan fingerprint density at radius 3 is 3.07 bits per heavy atom. The first kappa shape index (κ1) is 11.1. The minimum Gasteiger partial charge on any atom is -0.385 e. The standard InChI is InChI=1S/C12H19NOS/c1-3-10-7-13-5-4-12(10,14)11-6-9(2)15-8-11/h6,8,10,13-14H,3-5,7H2,1-2H3. The number of hydrogen-bond acceptors (Lipinski definition) is 3. The van der Waals surface area contributed by atoms with Crippen LogP contribution in [-0.4, -0.2) is 18.2 Å². The molecular formula is C12H19NOS. The molecule has 0 spiro atoms. The Balaban J connectivity index is 2.29. The fourth-order valence-electron chi connectivity index (χ4n) is 2.46. The summed E-state index contributed by atoms with van der Waals surface area (Å²) in [5.41, 5.74) is 0.531. The predicted molar refractivity (Wildman–Crippen MR) is 64.2 cm³/mol. The van der Waals surface area contributed by atoms with Gasteiger partial charge in [0, 0.05) is 17.3 Å². The normalized spacial score (nSPS) is 31.8. The smallest absolute Gasteiger partial charge is 0.0956 e. The first-order chi connectivity index (χ1) is 7.16. The number of hydrogen-bond donors (Lipinski definition) is 2. The van der Waals surface area contributed by atoms with Crippen molar-refractivity contribution in [2.24, 2.45) is 5.92 Å². The average Bonchev–Trinajstić information content (AvgIpc) is 2.66. The fourth-order valence-corrected chi connectivity index (χ4v) is 3.24. The molecule has 0 amide bonds. The van der Waals surface area contributed by atoms with Gasteiger partial charge in [-0.2, -0.15) is 0 Å². The molecule has 2 nitrogen and oxygen atoms in total. The maximum atomic E-state index is 10.8. The molecule has 2 N–H and O–H groups in total. The van der Waals surface area contributed by atoms with E-state index in [0.717, 1.165) is 31.5 Å². The topological polar surface area (TPSA) is 32.3 Å². The molecule has 0 aliphatic carbocycles. The van der Waals surface area contributed by atoms with Crippen LogP contribution in [0.15, 0.2) is 11.4 Å². The number of rotatable bonds is 2. The van der Waals surface area contributed by atoms with Gasteiger partial charge in [-0.1, -0.05) is 6.92 Å². The van der Waals surface area contributed by atoms with E-state index in [1.165, 1.54) is 4.88 Å². The molecule has 1 aliphatic heterocycles. The molecule has 1 aliphatic rings. The Kier molecular flexibility index (Phi) is 3.14. The summed E-state index contributed by atoms with van der Waals surface area (Å²) in [7, 11) is 0. The van der Waals surface area contributed by atoms with Gasteiger partial charge in [0.15, 0.2) is 0 Å². The Hall–Kier alpha value is -0.380. The van der Waals surface area contributed by atoms with Gasteiger partial charge in [-0.25, -0.2) is 0 Å². The van der Waals surface area contributed by atoms with Gasteiger partial charge in [0.1, 0.15) is 0 Å². The van der Waals surface area contributed by atoms with Crippen LogP contribution in [0.3, 0.4) is 0 Å². The zero-order valence-electron chi connectivity index (χ0n) is 9.42. The van der Waals surface area contributed by atoms with Crippen molar-refractivity contribution in [1.82, 2.24) is 5.32 Å². The SMILES string of the molecule is CCC1CNCCC1(O)c1csc(C)c1. The molecular weight excluding hydrogens is 206 g/mol. The van der Waals surface area contributed by atoms with Gasteiger partial charge in [-0.05, 0) is 43.3 Å². The molecule has 3 heteroatoms. The van der Waals surface area contributed by atoms with Crippen LogP contribution >= 0.6 is 11.3 Å². The van der Waals surface area contributed by atoms with E-state index in [9.17, 15) is 5.11 Å². The largest absolute Gasteiger partial charge is 0.385 e. The van der Waals surface area contributed by atoms with Crippen LogP contribution in [0.4, 0.5) is 0 Å². The summed E-state index contributed by atoms with van der Waals surface area (Å²) >= 11 is 1.73. The minimum atomic E-state index is -0.592. The summed E-state index contributed by atoms with van der Waals surface area (Å²) in [4.78, 5) is 1.28. The van der Waals surface area contributed by atoms with Crippen LogP contribution in [0.5, 0.6) is 0 Å². The third-order valence-corrected chi connectivity index (χ3v) is 4.33. The lowest BCUT2D eigenvalue weighted by Crippen LogP contribution is -2.47. The highest BCUT2D eigenvalue weighted by Gasteiger charge is 2.39. The lowest BCUT2D eigenvalue weighted by Gasteiger charge is -2.39. The lowest BCUT2D eigenvalue weighted by molar-refractivity contribution is -0.0475. The van der Waals surface area contributed by atoms with Crippen molar-refractivity contribution in [1.29, 1.82) is 0 Å². The summed E-state index contributed by atoms with van der Waals surface area (Å²) in [5, 5.41) is 16.3. The molecule has 2 heterocycles. The van der Waals surface area contributed by atoms with Crippen molar-refractivity contribution < 1.29 is 5.11 Å². The van der Waals surface area contributed by atoms with Crippen LogP contribution in [0.2, 0.25) is 0 Å². The minimum absolute atomic E-state index is 0.347. The first-order valence-corrected chi connectivity index (χ1v) is 6.53. The van der Waals surface area contributed by atoms with Crippen molar-refractivity contribution in [3.8, 4) is 0 Å². The van der Waals surface area contributed by atoms with Crippen LogP contribution in [0, 0.1) is 12.8 Å². The highest BCUT2D eigenvalue weighted by Crippen LogP contribution is 2.38. The second-order valence-electron chi connectivity index (χ2n) is 4.43. The highest BCUT2D eigenvalue weighted by atomic mass is 32.1. The number of nitrogens with one attached hydrogen (secondary N) is 1. The second-order valence-corrected chi connectivity index (χ2v) is 5.54. The number of aryl methyl sites for hydroxylation is 1. The summed E-state index contributed by atoms with van der Waals surface area (Å²) in [6, 6.07) is 2.14. The molecule has 2 unspecified atom stereocenters. The Bertz CT molecular complexity index is 336. The molecule has 2 rings (SSSR count). The van der Waals surface area contributed by atoms with E-state index in [0.29, 0.717) is 5.92 Å². The van der Waals surface area contributed by atoms with E-state index in [-0.39, 0.29) is 0 Å². The summed E-state index contributed by atoms with van der Waals surface area (Å²) in [6.45, 7) is 6.10. The van der Waals surface area contributed by atoms with Gasteiger partial charge < -0.3 is 10.4 Å². The molecule has 84 valence electrons. The van der Waals surface area contributed by atoms with E-state index in [2.05, 4.69) is 30.6 Å². The number of aliphatic hydroxyl groups is 1. The molecule has 0 radical (unpaired) electrons. The fraction of sp³-hybridized carbons (Fsp3) is 0.667. The van der Waals surface area contributed by atoms with Crippen molar-refractivity contribution >= 4 is 11.3 Å². The third kappa shape index (κ3) is 1.96. The number of thiophene rings is 1. The summed E-state index contributed by atoms with van der Waals surface area (Å²) in [6.07, 6.45) is 1.86. The molecule has 1 fully saturated rings. The maximum Gasteiger partial charge on any atom is 0.0956 e. The Morgan fingerprint density at radius 2 is 2.47 bits per heavy atom.